The highest BCUT2D eigenvalue weighted by atomic mass is 16.4. The molecule has 2 unspecified atom stereocenters. The van der Waals surface area contributed by atoms with E-state index in [2.05, 4.69) is 0 Å². The molecular formula is C8H11NO3. The van der Waals surface area contributed by atoms with Crippen LogP contribution in [0.1, 0.15) is 19.3 Å². The quantitative estimate of drug-likeness (QED) is 0.581. The zero-order valence-corrected chi connectivity index (χ0v) is 6.69. The third-order valence-electron chi connectivity index (χ3n) is 2.80. The van der Waals surface area contributed by atoms with Crippen LogP contribution in [0.25, 0.3) is 0 Å². The van der Waals surface area contributed by atoms with E-state index in [9.17, 15) is 9.59 Å². The molecule has 0 aromatic carbocycles. The molecule has 2 rings (SSSR count). The van der Waals surface area contributed by atoms with E-state index in [1.54, 1.807) is 0 Å². The number of hydrogen-bond acceptors (Lipinski definition) is 2. The van der Waals surface area contributed by atoms with Crippen molar-refractivity contribution in [1.29, 1.82) is 0 Å². The standard InChI is InChI=1S/C8H11NO3/c10-6-4-5-2-1-3-9(7(5)6)8(11)12/h5,7H,1-4H2,(H,11,12). The van der Waals surface area contributed by atoms with Gasteiger partial charge in [-0.25, -0.2) is 4.79 Å². The van der Waals surface area contributed by atoms with E-state index in [1.807, 2.05) is 0 Å². The molecule has 4 nitrogen and oxygen atoms in total. The zero-order chi connectivity index (χ0) is 8.72. The van der Waals surface area contributed by atoms with Crippen LogP contribution < -0.4 is 0 Å². The summed E-state index contributed by atoms with van der Waals surface area (Å²) in [5.41, 5.74) is 0. The van der Waals surface area contributed by atoms with Crippen LogP contribution in [0.2, 0.25) is 0 Å². The summed E-state index contributed by atoms with van der Waals surface area (Å²) < 4.78 is 0. The first-order chi connectivity index (χ1) is 5.70. The van der Waals surface area contributed by atoms with E-state index in [0.717, 1.165) is 12.8 Å². The van der Waals surface area contributed by atoms with E-state index in [1.165, 1.54) is 4.90 Å². The Labute approximate surface area is 70.2 Å². The number of amides is 1. The maximum atomic E-state index is 11.1. The van der Waals surface area contributed by atoms with Gasteiger partial charge in [-0.1, -0.05) is 0 Å². The Morgan fingerprint density at radius 1 is 1.58 bits per heavy atom. The van der Waals surface area contributed by atoms with Crippen LogP contribution in [0.15, 0.2) is 0 Å². The Bertz CT molecular complexity index is 230. The van der Waals surface area contributed by atoms with Crippen LogP contribution in [0.3, 0.4) is 0 Å². The largest absolute Gasteiger partial charge is 0.465 e. The van der Waals surface area contributed by atoms with Gasteiger partial charge in [0.25, 0.3) is 0 Å². The van der Waals surface area contributed by atoms with E-state index < -0.39 is 6.09 Å². The molecule has 1 saturated heterocycles. The molecule has 0 bridgehead atoms. The van der Waals surface area contributed by atoms with Gasteiger partial charge in [0, 0.05) is 13.0 Å². The van der Waals surface area contributed by atoms with Gasteiger partial charge in [-0.05, 0) is 18.8 Å². The molecule has 1 amide bonds. The van der Waals surface area contributed by atoms with Gasteiger partial charge in [0.1, 0.15) is 0 Å². The Balaban J connectivity index is 2.12. The number of nitrogens with zero attached hydrogens (tertiary/aromatic N) is 1. The third kappa shape index (κ3) is 0.906. The fourth-order valence-corrected chi connectivity index (χ4v) is 2.16. The van der Waals surface area contributed by atoms with Gasteiger partial charge < -0.3 is 5.11 Å². The van der Waals surface area contributed by atoms with Crippen LogP contribution >= 0.6 is 0 Å². The first-order valence-electron chi connectivity index (χ1n) is 4.22. The monoisotopic (exact) mass is 169 g/mol. The average Bonchev–Trinajstić information content (AvgIpc) is 2.01. The summed E-state index contributed by atoms with van der Waals surface area (Å²) in [5.74, 6) is 0.421. The predicted molar refractivity (Wildman–Crippen MR) is 40.9 cm³/mol. The van der Waals surface area contributed by atoms with Crippen molar-refractivity contribution in [3.8, 4) is 0 Å². The first-order valence-corrected chi connectivity index (χ1v) is 4.22. The maximum absolute atomic E-state index is 11.1. The molecule has 2 aliphatic rings. The summed E-state index contributed by atoms with van der Waals surface area (Å²) in [6.07, 6.45) is 1.56. The smallest absolute Gasteiger partial charge is 0.407 e. The number of fused-ring (bicyclic) bond motifs is 1. The molecule has 1 N–H and O–H groups in total. The van der Waals surface area contributed by atoms with Gasteiger partial charge in [0.05, 0.1) is 6.04 Å². The second-order valence-corrected chi connectivity index (χ2v) is 3.49. The molecule has 0 aromatic heterocycles. The van der Waals surface area contributed by atoms with E-state index >= 15 is 0 Å². The molecule has 66 valence electrons. The van der Waals surface area contributed by atoms with E-state index in [-0.39, 0.29) is 11.8 Å². The number of hydrogen-bond donors (Lipinski definition) is 1. The summed E-state index contributed by atoms with van der Waals surface area (Å²) >= 11 is 0. The summed E-state index contributed by atoms with van der Waals surface area (Å²) in [7, 11) is 0. The molecule has 2 atom stereocenters. The van der Waals surface area contributed by atoms with E-state index in [4.69, 9.17) is 5.11 Å². The van der Waals surface area contributed by atoms with Gasteiger partial charge in [0.15, 0.2) is 5.78 Å². The van der Waals surface area contributed by atoms with Crippen LogP contribution in [0.5, 0.6) is 0 Å². The van der Waals surface area contributed by atoms with Crippen molar-refractivity contribution in [3.05, 3.63) is 0 Å². The predicted octanol–water partition coefficient (Wildman–Crippen LogP) is 0.718. The van der Waals surface area contributed by atoms with Crippen molar-refractivity contribution in [3.63, 3.8) is 0 Å². The summed E-state index contributed by atoms with van der Waals surface area (Å²) in [4.78, 5) is 23.0. The van der Waals surface area contributed by atoms with Gasteiger partial charge in [-0.2, -0.15) is 0 Å². The van der Waals surface area contributed by atoms with Gasteiger partial charge in [0.2, 0.25) is 0 Å². The lowest BCUT2D eigenvalue weighted by molar-refractivity contribution is -0.138. The van der Waals surface area contributed by atoms with Crippen LogP contribution in [-0.4, -0.2) is 34.5 Å². The zero-order valence-electron chi connectivity index (χ0n) is 6.69. The number of likely N-dealkylation sites (tertiary alicyclic amines) is 1. The Hall–Kier alpha value is -1.06. The highest BCUT2D eigenvalue weighted by Crippen LogP contribution is 2.36. The van der Waals surface area contributed by atoms with Crippen molar-refractivity contribution < 1.29 is 14.7 Å². The Morgan fingerprint density at radius 3 is 2.83 bits per heavy atom. The normalized spacial score (nSPS) is 34.0. The second-order valence-electron chi connectivity index (χ2n) is 3.49. The number of carbonyl (C=O) groups is 2. The summed E-state index contributed by atoms with van der Waals surface area (Å²) in [5, 5.41) is 8.75. The molecule has 2 fully saturated rings. The molecule has 0 aromatic rings. The minimum absolute atomic E-state index is 0.0992. The highest BCUT2D eigenvalue weighted by Gasteiger charge is 2.47. The van der Waals surface area contributed by atoms with Crippen LogP contribution in [-0.2, 0) is 4.79 Å². The molecule has 4 heteroatoms. The van der Waals surface area contributed by atoms with Crippen molar-refractivity contribution in [2.75, 3.05) is 6.54 Å². The fraction of sp³-hybridized carbons (Fsp3) is 0.750. The number of ketones is 1. The van der Waals surface area contributed by atoms with Crippen molar-refractivity contribution >= 4 is 11.9 Å². The first kappa shape index (κ1) is 7.58. The third-order valence-corrected chi connectivity index (χ3v) is 2.80. The fourth-order valence-electron chi connectivity index (χ4n) is 2.16. The lowest BCUT2D eigenvalue weighted by atomic mass is 9.72. The number of piperidine rings is 1. The minimum Gasteiger partial charge on any atom is -0.465 e. The number of rotatable bonds is 0. The molecule has 0 radical (unpaired) electrons. The van der Waals surface area contributed by atoms with Gasteiger partial charge >= 0.3 is 6.09 Å². The maximum Gasteiger partial charge on any atom is 0.407 e. The van der Waals surface area contributed by atoms with Crippen LogP contribution in [0.4, 0.5) is 4.79 Å². The molecular weight excluding hydrogens is 158 g/mol. The topological polar surface area (TPSA) is 57.6 Å². The highest BCUT2D eigenvalue weighted by molar-refractivity contribution is 5.93. The molecule has 12 heavy (non-hydrogen) atoms. The van der Waals surface area contributed by atoms with Crippen molar-refractivity contribution in [1.82, 2.24) is 4.90 Å². The van der Waals surface area contributed by atoms with Crippen molar-refractivity contribution in [2.24, 2.45) is 5.92 Å². The van der Waals surface area contributed by atoms with Gasteiger partial charge in [-0.3, -0.25) is 9.69 Å². The van der Waals surface area contributed by atoms with Gasteiger partial charge in [-0.15, -0.1) is 0 Å². The van der Waals surface area contributed by atoms with E-state index in [0.29, 0.717) is 18.9 Å². The second kappa shape index (κ2) is 2.47. The number of carbonyl (C=O) groups excluding carboxylic acids is 1. The van der Waals surface area contributed by atoms with Crippen LogP contribution in [0, 0.1) is 5.92 Å². The molecule has 1 saturated carbocycles. The lowest BCUT2D eigenvalue weighted by Gasteiger charge is -2.45. The SMILES string of the molecule is O=C1CC2CCCN(C(=O)O)C12. The molecule has 1 aliphatic heterocycles. The average molecular weight is 169 g/mol. The Kier molecular flexibility index (Phi) is 1.56. The minimum atomic E-state index is -0.947. The number of Topliss-reactive ketones (excluding diaryl/α,β-unsaturated/α-hetero) is 1. The Morgan fingerprint density at radius 2 is 2.33 bits per heavy atom. The molecule has 1 aliphatic carbocycles. The molecule has 1 heterocycles. The van der Waals surface area contributed by atoms with Crippen molar-refractivity contribution in [2.45, 2.75) is 25.3 Å². The number of carboxylic acid groups (broad SMARTS) is 1. The molecule has 0 spiro atoms. The summed E-state index contributed by atoms with van der Waals surface area (Å²) in [6, 6.07) is -0.295. The lowest BCUT2D eigenvalue weighted by Crippen LogP contribution is -2.59. The summed E-state index contributed by atoms with van der Waals surface area (Å²) in [6.45, 7) is 0.530.